The number of rotatable bonds is 4. The lowest BCUT2D eigenvalue weighted by Crippen LogP contribution is -2.06. The monoisotopic (exact) mass is 291 g/mol. The minimum absolute atomic E-state index is 0.787. The van der Waals surface area contributed by atoms with Crippen LogP contribution in [0.15, 0.2) is 46.2 Å². The molecule has 1 N–H and O–H groups in total. The highest BCUT2D eigenvalue weighted by molar-refractivity contribution is 7.99. The van der Waals surface area contributed by atoms with Gasteiger partial charge < -0.3 is 5.32 Å². The Morgan fingerprint density at radius 2 is 1.84 bits per heavy atom. The standard InChI is InChI=1S/C16H18ClNS/c1-11-4-6-15(8-12(11)2)19-16-7-5-14(17)9-13(16)10-18-3/h4-9,18H,10H2,1-3H3. The molecule has 0 amide bonds. The Morgan fingerprint density at radius 1 is 1.05 bits per heavy atom. The average Bonchev–Trinajstić information content (AvgIpc) is 2.37. The molecule has 19 heavy (non-hydrogen) atoms. The third-order valence-electron chi connectivity index (χ3n) is 3.10. The van der Waals surface area contributed by atoms with Gasteiger partial charge in [0.15, 0.2) is 0 Å². The van der Waals surface area contributed by atoms with Gasteiger partial charge in [-0.1, -0.05) is 29.4 Å². The fourth-order valence-electron chi connectivity index (χ4n) is 1.88. The van der Waals surface area contributed by atoms with E-state index in [1.54, 1.807) is 11.8 Å². The van der Waals surface area contributed by atoms with Crippen LogP contribution in [0.4, 0.5) is 0 Å². The van der Waals surface area contributed by atoms with Gasteiger partial charge in [0, 0.05) is 21.4 Å². The Balaban J connectivity index is 2.29. The lowest BCUT2D eigenvalue weighted by molar-refractivity contribution is 0.803. The second-order valence-electron chi connectivity index (χ2n) is 4.63. The lowest BCUT2D eigenvalue weighted by atomic mass is 10.1. The van der Waals surface area contributed by atoms with Gasteiger partial charge in [-0.05, 0) is 67.9 Å². The molecule has 0 atom stereocenters. The minimum atomic E-state index is 0.787. The number of hydrogen-bond donors (Lipinski definition) is 1. The van der Waals surface area contributed by atoms with Crippen LogP contribution in [0, 0.1) is 13.8 Å². The quantitative estimate of drug-likeness (QED) is 0.866. The summed E-state index contributed by atoms with van der Waals surface area (Å²) in [4.78, 5) is 2.52. The third-order valence-corrected chi connectivity index (χ3v) is 4.44. The molecule has 0 unspecified atom stereocenters. The molecule has 2 aromatic rings. The molecular weight excluding hydrogens is 274 g/mol. The van der Waals surface area contributed by atoms with Gasteiger partial charge in [-0.2, -0.15) is 0 Å². The van der Waals surface area contributed by atoms with E-state index in [1.165, 1.54) is 26.5 Å². The summed E-state index contributed by atoms with van der Waals surface area (Å²) >= 11 is 7.85. The van der Waals surface area contributed by atoms with E-state index in [9.17, 15) is 0 Å². The van der Waals surface area contributed by atoms with Gasteiger partial charge in [0.05, 0.1) is 0 Å². The highest BCUT2D eigenvalue weighted by atomic mass is 35.5. The summed E-state index contributed by atoms with van der Waals surface area (Å²) < 4.78 is 0. The van der Waals surface area contributed by atoms with Crippen molar-refractivity contribution in [3.63, 3.8) is 0 Å². The fourth-order valence-corrected chi connectivity index (χ4v) is 3.10. The summed E-state index contributed by atoms with van der Waals surface area (Å²) in [5, 5.41) is 3.97. The van der Waals surface area contributed by atoms with Gasteiger partial charge in [-0.25, -0.2) is 0 Å². The predicted molar refractivity (Wildman–Crippen MR) is 84.3 cm³/mol. The SMILES string of the molecule is CNCc1cc(Cl)ccc1Sc1ccc(C)c(C)c1. The van der Waals surface area contributed by atoms with Crippen LogP contribution >= 0.6 is 23.4 Å². The number of aryl methyl sites for hydroxylation is 2. The summed E-state index contributed by atoms with van der Waals surface area (Å²) in [5.41, 5.74) is 3.89. The van der Waals surface area contributed by atoms with E-state index in [2.05, 4.69) is 43.4 Å². The molecule has 0 bridgehead atoms. The molecule has 0 spiro atoms. The topological polar surface area (TPSA) is 12.0 Å². The van der Waals surface area contributed by atoms with E-state index in [0.29, 0.717) is 0 Å². The van der Waals surface area contributed by atoms with Crippen LogP contribution in [0.3, 0.4) is 0 Å². The maximum atomic E-state index is 6.06. The summed E-state index contributed by atoms with van der Waals surface area (Å²) in [6, 6.07) is 12.6. The molecule has 0 aliphatic carbocycles. The van der Waals surface area contributed by atoms with Crippen molar-refractivity contribution in [2.75, 3.05) is 7.05 Å². The molecule has 0 fully saturated rings. The first-order valence-corrected chi connectivity index (χ1v) is 7.47. The Bertz CT molecular complexity index is 581. The zero-order valence-corrected chi connectivity index (χ0v) is 13.0. The van der Waals surface area contributed by atoms with Crippen molar-refractivity contribution in [3.05, 3.63) is 58.1 Å². The molecule has 2 aromatic carbocycles. The van der Waals surface area contributed by atoms with Gasteiger partial charge in [0.1, 0.15) is 0 Å². The molecule has 2 rings (SSSR count). The first kappa shape index (κ1) is 14.4. The van der Waals surface area contributed by atoms with Crippen molar-refractivity contribution in [2.45, 2.75) is 30.2 Å². The molecule has 0 saturated heterocycles. The summed E-state index contributed by atoms with van der Waals surface area (Å²) in [7, 11) is 1.95. The maximum Gasteiger partial charge on any atom is 0.0410 e. The number of nitrogens with one attached hydrogen (secondary N) is 1. The molecule has 0 heterocycles. The summed E-state index contributed by atoms with van der Waals surface area (Å²) in [6.45, 7) is 5.11. The molecule has 0 saturated carbocycles. The van der Waals surface area contributed by atoms with E-state index in [1.807, 2.05) is 19.2 Å². The number of halogens is 1. The van der Waals surface area contributed by atoms with Crippen LogP contribution in [-0.4, -0.2) is 7.05 Å². The smallest absolute Gasteiger partial charge is 0.0410 e. The Kier molecular flexibility index (Phi) is 4.92. The number of hydrogen-bond acceptors (Lipinski definition) is 2. The van der Waals surface area contributed by atoms with Gasteiger partial charge in [0.25, 0.3) is 0 Å². The summed E-state index contributed by atoms with van der Waals surface area (Å²) in [5.74, 6) is 0. The summed E-state index contributed by atoms with van der Waals surface area (Å²) in [6.07, 6.45) is 0. The van der Waals surface area contributed by atoms with Gasteiger partial charge in [-0.15, -0.1) is 0 Å². The first-order chi connectivity index (χ1) is 9.10. The maximum absolute atomic E-state index is 6.06. The van der Waals surface area contributed by atoms with Crippen LogP contribution in [0.5, 0.6) is 0 Å². The highest BCUT2D eigenvalue weighted by Gasteiger charge is 2.06. The van der Waals surface area contributed by atoms with E-state index in [-0.39, 0.29) is 0 Å². The molecular formula is C16H18ClNS. The fraction of sp³-hybridized carbons (Fsp3) is 0.250. The normalized spacial score (nSPS) is 10.7. The molecule has 100 valence electrons. The van der Waals surface area contributed by atoms with E-state index in [4.69, 9.17) is 11.6 Å². The van der Waals surface area contributed by atoms with Crippen molar-refractivity contribution in [2.24, 2.45) is 0 Å². The van der Waals surface area contributed by atoms with Gasteiger partial charge in [-0.3, -0.25) is 0 Å². The zero-order chi connectivity index (χ0) is 13.8. The van der Waals surface area contributed by atoms with Crippen molar-refractivity contribution in [1.82, 2.24) is 5.32 Å². The second kappa shape index (κ2) is 6.47. The van der Waals surface area contributed by atoms with Crippen LogP contribution < -0.4 is 5.32 Å². The van der Waals surface area contributed by atoms with E-state index < -0.39 is 0 Å². The molecule has 0 aliphatic rings. The van der Waals surface area contributed by atoms with E-state index >= 15 is 0 Å². The highest BCUT2D eigenvalue weighted by Crippen LogP contribution is 2.32. The van der Waals surface area contributed by atoms with Crippen molar-refractivity contribution in [3.8, 4) is 0 Å². The third kappa shape index (κ3) is 3.75. The first-order valence-electron chi connectivity index (χ1n) is 6.28. The van der Waals surface area contributed by atoms with Gasteiger partial charge in [0.2, 0.25) is 0 Å². The molecule has 3 heteroatoms. The second-order valence-corrected chi connectivity index (χ2v) is 6.18. The van der Waals surface area contributed by atoms with Crippen LogP contribution in [0.1, 0.15) is 16.7 Å². The van der Waals surface area contributed by atoms with E-state index in [0.717, 1.165) is 11.6 Å². The Morgan fingerprint density at radius 3 is 2.53 bits per heavy atom. The van der Waals surface area contributed by atoms with Crippen LogP contribution in [-0.2, 0) is 6.54 Å². The van der Waals surface area contributed by atoms with Crippen molar-refractivity contribution in [1.29, 1.82) is 0 Å². The lowest BCUT2D eigenvalue weighted by Gasteiger charge is -2.10. The number of benzene rings is 2. The average molecular weight is 292 g/mol. The Labute approximate surface area is 124 Å². The molecule has 0 aliphatic heterocycles. The molecule has 1 nitrogen and oxygen atoms in total. The van der Waals surface area contributed by atoms with Gasteiger partial charge >= 0.3 is 0 Å². The van der Waals surface area contributed by atoms with Crippen LogP contribution in [0.25, 0.3) is 0 Å². The van der Waals surface area contributed by atoms with Crippen LogP contribution in [0.2, 0.25) is 5.02 Å². The van der Waals surface area contributed by atoms with Crippen molar-refractivity contribution < 1.29 is 0 Å². The molecule has 0 radical (unpaired) electrons. The zero-order valence-electron chi connectivity index (χ0n) is 11.5. The minimum Gasteiger partial charge on any atom is -0.316 e. The Hall–Kier alpha value is -0.960. The van der Waals surface area contributed by atoms with Crippen molar-refractivity contribution >= 4 is 23.4 Å². The molecule has 0 aromatic heterocycles. The predicted octanol–water partition coefficient (Wildman–Crippen LogP) is 4.83. The largest absolute Gasteiger partial charge is 0.316 e.